The number of amides is 1. The van der Waals surface area contributed by atoms with E-state index in [1.165, 1.54) is 10.4 Å². The quantitative estimate of drug-likeness (QED) is 0.673. The Kier molecular flexibility index (Phi) is 6.09. The lowest BCUT2D eigenvalue weighted by Gasteiger charge is -2.32. The van der Waals surface area contributed by atoms with E-state index in [9.17, 15) is 17.6 Å². The van der Waals surface area contributed by atoms with Gasteiger partial charge in [0, 0.05) is 32.6 Å². The third-order valence-electron chi connectivity index (χ3n) is 5.56. The Morgan fingerprint density at radius 1 is 1.16 bits per heavy atom. The summed E-state index contributed by atoms with van der Waals surface area (Å²) in [6, 6.07) is 8.92. The number of hydrogen-bond acceptors (Lipinski definition) is 5. The second kappa shape index (κ2) is 8.64. The zero-order valence-corrected chi connectivity index (χ0v) is 18.5. The van der Waals surface area contributed by atoms with E-state index in [4.69, 9.17) is 21.1 Å². The maximum absolute atomic E-state index is 13.4. The van der Waals surface area contributed by atoms with Crippen LogP contribution in [-0.4, -0.2) is 50.5 Å². The minimum atomic E-state index is -3.79. The van der Waals surface area contributed by atoms with E-state index in [0.29, 0.717) is 30.9 Å². The molecule has 0 atom stereocenters. The van der Waals surface area contributed by atoms with Crippen molar-refractivity contribution in [1.29, 1.82) is 0 Å². The fourth-order valence-electron chi connectivity index (χ4n) is 3.83. The van der Waals surface area contributed by atoms with E-state index in [0.717, 1.165) is 17.7 Å². The molecular weight excluding hydrogens is 447 g/mol. The largest absolute Gasteiger partial charge is 0.454 e. The number of ether oxygens (including phenoxy) is 2. The molecule has 7 nitrogen and oxygen atoms in total. The first-order chi connectivity index (χ1) is 14.8. The number of halogens is 2. The molecule has 2 heterocycles. The van der Waals surface area contributed by atoms with Crippen LogP contribution in [0.5, 0.6) is 11.5 Å². The van der Waals surface area contributed by atoms with E-state index in [2.05, 4.69) is 0 Å². The Morgan fingerprint density at radius 2 is 1.87 bits per heavy atom. The molecule has 0 unspecified atom stereocenters. The van der Waals surface area contributed by atoms with Crippen molar-refractivity contribution in [3.8, 4) is 11.5 Å². The highest BCUT2D eigenvalue weighted by Crippen LogP contribution is 2.33. The van der Waals surface area contributed by atoms with Crippen LogP contribution in [0.3, 0.4) is 0 Å². The summed E-state index contributed by atoms with van der Waals surface area (Å²) in [6.07, 6.45) is 0.830. The fourth-order valence-corrected chi connectivity index (χ4v) is 5.57. The molecule has 1 amide bonds. The molecule has 2 aliphatic heterocycles. The van der Waals surface area contributed by atoms with Gasteiger partial charge in [-0.25, -0.2) is 12.8 Å². The van der Waals surface area contributed by atoms with Crippen LogP contribution >= 0.6 is 11.6 Å². The first kappa shape index (κ1) is 21.9. The Morgan fingerprint density at radius 3 is 2.58 bits per heavy atom. The molecule has 4 rings (SSSR count). The van der Waals surface area contributed by atoms with Gasteiger partial charge in [-0.3, -0.25) is 4.79 Å². The summed E-state index contributed by atoms with van der Waals surface area (Å²) in [5.41, 5.74) is 0.924. The number of piperidine rings is 1. The molecule has 1 saturated heterocycles. The Hall–Kier alpha value is -2.36. The number of benzene rings is 2. The van der Waals surface area contributed by atoms with Crippen molar-refractivity contribution in [1.82, 2.24) is 9.21 Å². The van der Waals surface area contributed by atoms with Gasteiger partial charge in [-0.05, 0) is 48.7 Å². The lowest BCUT2D eigenvalue weighted by Crippen LogP contribution is -2.43. The molecule has 0 aliphatic carbocycles. The number of carbonyl (C=O) groups is 1. The van der Waals surface area contributed by atoms with Gasteiger partial charge in [0.05, 0.1) is 9.92 Å². The minimum absolute atomic E-state index is 0.0282. The summed E-state index contributed by atoms with van der Waals surface area (Å²) in [6.45, 7) is 1.04. The third kappa shape index (κ3) is 4.49. The van der Waals surface area contributed by atoms with Crippen molar-refractivity contribution < 1.29 is 27.1 Å². The van der Waals surface area contributed by atoms with Crippen molar-refractivity contribution in [3.05, 3.63) is 52.8 Å². The van der Waals surface area contributed by atoms with Crippen LogP contribution in [-0.2, 0) is 21.4 Å². The summed E-state index contributed by atoms with van der Waals surface area (Å²) < 4.78 is 51.0. The van der Waals surface area contributed by atoms with E-state index in [1.807, 2.05) is 18.2 Å². The second-order valence-electron chi connectivity index (χ2n) is 7.64. The van der Waals surface area contributed by atoms with Gasteiger partial charge < -0.3 is 14.4 Å². The predicted octanol–water partition coefficient (Wildman–Crippen LogP) is 3.27. The molecule has 0 radical (unpaired) electrons. The summed E-state index contributed by atoms with van der Waals surface area (Å²) in [4.78, 5) is 14.5. The van der Waals surface area contributed by atoms with Crippen LogP contribution in [0.4, 0.5) is 4.39 Å². The van der Waals surface area contributed by atoms with E-state index in [1.54, 1.807) is 11.9 Å². The number of hydrogen-bond donors (Lipinski definition) is 0. The second-order valence-corrected chi connectivity index (χ2v) is 9.98. The fraction of sp³-hybridized carbons (Fsp3) is 0.381. The summed E-state index contributed by atoms with van der Waals surface area (Å²) in [5.74, 6) is 0.392. The van der Waals surface area contributed by atoms with Crippen molar-refractivity contribution in [3.63, 3.8) is 0 Å². The molecule has 10 heteroatoms. The number of nitrogens with zero attached hydrogens (tertiary/aromatic N) is 2. The van der Waals surface area contributed by atoms with Crippen molar-refractivity contribution >= 4 is 27.5 Å². The molecule has 2 aliphatic rings. The summed E-state index contributed by atoms with van der Waals surface area (Å²) in [5, 5.41) is -0.240. The van der Waals surface area contributed by atoms with Crippen LogP contribution in [0.15, 0.2) is 41.3 Å². The molecule has 0 bridgehead atoms. The molecule has 31 heavy (non-hydrogen) atoms. The summed E-state index contributed by atoms with van der Waals surface area (Å²) >= 11 is 5.73. The van der Waals surface area contributed by atoms with Crippen molar-refractivity contribution in [2.24, 2.45) is 5.92 Å². The maximum atomic E-state index is 13.4. The molecule has 1 fully saturated rings. The molecule has 2 aromatic carbocycles. The van der Waals surface area contributed by atoms with Gasteiger partial charge in [0.15, 0.2) is 11.5 Å². The number of rotatable bonds is 5. The average molecular weight is 469 g/mol. The molecule has 166 valence electrons. The van der Waals surface area contributed by atoms with Crippen LogP contribution in [0.25, 0.3) is 0 Å². The highest BCUT2D eigenvalue weighted by Gasteiger charge is 2.33. The molecule has 0 saturated carbocycles. The van der Waals surface area contributed by atoms with Gasteiger partial charge in [-0.15, -0.1) is 0 Å². The smallest absolute Gasteiger partial charge is 0.243 e. The predicted molar refractivity (Wildman–Crippen MR) is 112 cm³/mol. The van der Waals surface area contributed by atoms with Gasteiger partial charge in [0.2, 0.25) is 22.7 Å². The minimum Gasteiger partial charge on any atom is -0.454 e. The molecular formula is C21H22ClFN2O5S. The standard InChI is InChI=1S/C21H22ClFN2O5S/c1-24(12-14-2-5-19-20(10-14)30-13-29-19)21(26)15-6-8-25(9-7-15)31(27,28)16-3-4-18(23)17(22)11-16/h2-5,10-11,15H,6-9,12-13H2,1H3. The first-order valence-electron chi connectivity index (χ1n) is 9.84. The average Bonchev–Trinajstić information content (AvgIpc) is 3.23. The lowest BCUT2D eigenvalue weighted by atomic mass is 9.96. The monoisotopic (exact) mass is 468 g/mol. The molecule has 0 N–H and O–H groups in total. The third-order valence-corrected chi connectivity index (χ3v) is 7.75. The van der Waals surface area contributed by atoms with Crippen molar-refractivity contribution in [2.75, 3.05) is 26.9 Å². The highest BCUT2D eigenvalue weighted by atomic mass is 35.5. The number of sulfonamides is 1. The highest BCUT2D eigenvalue weighted by molar-refractivity contribution is 7.89. The van der Waals surface area contributed by atoms with Crippen LogP contribution in [0.1, 0.15) is 18.4 Å². The van der Waals surface area contributed by atoms with Gasteiger partial charge >= 0.3 is 0 Å². The van der Waals surface area contributed by atoms with Crippen molar-refractivity contribution in [2.45, 2.75) is 24.3 Å². The van der Waals surface area contributed by atoms with Gasteiger partial charge in [-0.2, -0.15) is 4.31 Å². The van der Waals surface area contributed by atoms with Crippen LogP contribution in [0.2, 0.25) is 5.02 Å². The topological polar surface area (TPSA) is 76.2 Å². The Bertz CT molecular complexity index is 1100. The first-order valence-corrected chi connectivity index (χ1v) is 11.7. The van der Waals surface area contributed by atoms with E-state index < -0.39 is 15.8 Å². The normalized spacial score (nSPS) is 17.0. The maximum Gasteiger partial charge on any atom is 0.243 e. The van der Waals surface area contributed by atoms with Crippen LogP contribution in [0, 0.1) is 11.7 Å². The van der Waals surface area contributed by atoms with Gasteiger partial charge in [0.25, 0.3) is 0 Å². The number of carbonyl (C=O) groups excluding carboxylic acids is 1. The Balaban J connectivity index is 1.36. The lowest BCUT2D eigenvalue weighted by molar-refractivity contribution is -0.135. The van der Waals surface area contributed by atoms with E-state index >= 15 is 0 Å². The SMILES string of the molecule is CN(Cc1ccc2c(c1)OCO2)C(=O)C1CCN(S(=O)(=O)c2ccc(F)c(Cl)c2)CC1. The van der Waals surface area contributed by atoms with Gasteiger partial charge in [-0.1, -0.05) is 17.7 Å². The van der Waals surface area contributed by atoms with Crippen LogP contribution < -0.4 is 9.47 Å². The zero-order valence-electron chi connectivity index (χ0n) is 16.9. The molecule has 0 aromatic heterocycles. The van der Waals surface area contributed by atoms with Gasteiger partial charge in [0.1, 0.15) is 5.82 Å². The number of fused-ring (bicyclic) bond motifs is 1. The summed E-state index contributed by atoms with van der Waals surface area (Å²) in [7, 11) is -2.06. The van der Waals surface area contributed by atoms with E-state index in [-0.39, 0.29) is 41.6 Å². The zero-order chi connectivity index (χ0) is 22.2. The Labute approximate surface area is 185 Å². The molecule has 2 aromatic rings. The molecule has 0 spiro atoms.